The van der Waals surface area contributed by atoms with E-state index in [1.807, 2.05) is 31.2 Å². The van der Waals surface area contributed by atoms with Gasteiger partial charge in [0.2, 0.25) is 0 Å². The molecule has 0 aliphatic carbocycles. The predicted octanol–water partition coefficient (Wildman–Crippen LogP) is 2.18. The molecule has 0 radical (unpaired) electrons. The number of methoxy groups -OCH3 is 1. The summed E-state index contributed by atoms with van der Waals surface area (Å²) in [4.78, 5) is 0. The summed E-state index contributed by atoms with van der Waals surface area (Å²) in [5, 5.41) is 2.91. The van der Waals surface area contributed by atoms with E-state index < -0.39 is 6.17 Å². The van der Waals surface area contributed by atoms with Crippen molar-refractivity contribution in [3.8, 4) is 5.75 Å². The smallest absolute Gasteiger partial charge is 0.119 e. The number of nitrogens with one attached hydrogen (secondary N) is 1. The van der Waals surface area contributed by atoms with E-state index in [0.717, 1.165) is 11.3 Å². The van der Waals surface area contributed by atoms with Crippen LogP contribution in [0.1, 0.15) is 12.5 Å². The van der Waals surface area contributed by atoms with Crippen LogP contribution in [0.25, 0.3) is 0 Å². The van der Waals surface area contributed by atoms with Crippen LogP contribution in [-0.4, -0.2) is 26.4 Å². The molecule has 1 aromatic rings. The lowest BCUT2D eigenvalue weighted by Crippen LogP contribution is -2.33. The number of rotatable bonds is 5. The number of halogens is 1. The van der Waals surface area contributed by atoms with Crippen LogP contribution in [0.4, 0.5) is 4.39 Å². The standard InChI is InChI=1S/C12H18FNO/c1-9(14-2)12(13)8-10-4-6-11(15-3)7-5-10/h4-7,9,12,14H,8H2,1-3H3. The van der Waals surface area contributed by atoms with Crippen molar-refractivity contribution in [1.82, 2.24) is 5.32 Å². The third kappa shape index (κ3) is 3.51. The first-order valence-electron chi connectivity index (χ1n) is 5.11. The average Bonchev–Trinajstić information content (AvgIpc) is 2.29. The quantitative estimate of drug-likeness (QED) is 0.806. The van der Waals surface area contributed by atoms with Gasteiger partial charge in [0.1, 0.15) is 11.9 Å². The van der Waals surface area contributed by atoms with Gasteiger partial charge in [0.15, 0.2) is 0 Å². The molecule has 0 amide bonds. The van der Waals surface area contributed by atoms with Gasteiger partial charge in [-0.15, -0.1) is 0 Å². The van der Waals surface area contributed by atoms with Gasteiger partial charge in [0, 0.05) is 12.5 Å². The molecule has 84 valence electrons. The minimum absolute atomic E-state index is 0.118. The molecule has 15 heavy (non-hydrogen) atoms. The van der Waals surface area contributed by atoms with Crippen LogP contribution in [0.3, 0.4) is 0 Å². The lowest BCUT2D eigenvalue weighted by atomic mass is 10.0. The molecule has 0 aliphatic heterocycles. The van der Waals surface area contributed by atoms with Crippen LogP contribution in [-0.2, 0) is 6.42 Å². The normalized spacial score (nSPS) is 14.7. The zero-order valence-electron chi connectivity index (χ0n) is 9.46. The SMILES string of the molecule is CNC(C)C(F)Cc1ccc(OC)cc1. The molecule has 1 aromatic carbocycles. The van der Waals surface area contributed by atoms with E-state index in [-0.39, 0.29) is 6.04 Å². The third-order valence-corrected chi connectivity index (χ3v) is 2.59. The molecule has 0 bridgehead atoms. The van der Waals surface area contributed by atoms with Gasteiger partial charge in [-0.25, -0.2) is 4.39 Å². The minimum Gasteiger partial charge on any atom is -0.497 e. The molecule has 1 rings (SSSR count). The van der Waals surface area contributed by atoms with Gasteiger partial charge in [-0.1, -0.05) is 12.1 Å². The second-order valence-electron chi connectivity index (χ2n) is 3.65. The number of benzene rings is 1. The van der Waals surface area contributed by atoms with Crippen LogP contribution < -0.4 is 10.1 Å². The van der Waals surface area contributed by atoms with E-state index in [9.17, 15) is 4.39 Å². The molecular weight excluding hydrogens is 193 g/mol. The van der Waals surface area contributed by atoms with E-state index in [2.05, 4.69) is 5.32 Å². The number of hydrogen-bond acceptors (Lipinski definition) is 2. The van der Waals surface area contributed by atoms with Gasteiger partial charge in [0.25, 0.3) is 0 Å². The Morgan fingerprint density at radius 2 is 1.93 bits per heavy atom. The Kier molecular flexibility index (Phi) is 4.56. The molecule has 0 saturated heterocycles. The number of ether oxygens (including phenoxy) is 1. The largest absolute Gasteiger partial charge is 0.497 e. The molecule has 3 heteroatoms. The van der Waals surface area contributed by atoms with Crippen LogP contribution >= 0.6 is 0 Å². The minimum atomic E-state index is -0.858. The van der Waals surface area contributed by atoms with Gasteiger partial charge >= 0.3 is 0 Å². The zero-order chi connectivity index (χ0) is 11.3. The van der Waals surface area contributed by atoms with E-state index in [4.69, 9.17) is 4.74 Å². The Morgan fingerprint density at radius 3 is 2.40 bits per heavy atom. The molecule has 0 heterocycles. The molecule has 0 saturated carbocycles. The summed E-state index contributed by atoms with van der Waals surface area (Å²) < 4.78 is 18.6. The Morgan fingerprint density at radius 1 is 1.33 bits per heavy atom. The molecular formula is C12H18FNO. The Labute approximate surface area is 90.4 Å². The first-order valence-corrected chi connectivity index (χ1v) is 5.11. The summed E-state index contributed by atoms with van der Waals surface area (Å²) in [5.41, 5.74) is 0.991. The summed E-state index contributed by atoms with van der Waals surface area (Å²) in [5.74, 6) is 0.802. The highest BCUT2D eigenvalue weighted by atomic mass is 19.1. The first-order chi connectivity index (χ1) is 7.17. The summed E-state index contributed by atoms with van der Waals surface area (Å²) in [6, 6.07) is 7.38. The summed E-state index contributed by atoms with van der Waals surface area (Å²) in [6.07, 6.45) is -0.421. The monoisotopic (exact) mass is 211 g/mol. The molecule has 0 fully saturated rings. The van der Waals surface area contributed by atoms with Crippen molar-refractivity contribution in [2.24, 2.45) is 0 Å². The highest BCUT2D eigenvalue weighted by Gasteiger charge is 2.14. The highest BCUT2D eigenvalue weighted by molar-refractivity contribution is 5.27. The zero-order valence-corrected chi connectivity index (χ0v) is 9.46. The molecule has 2 atom stereocenters. The summed E-state index contributed by atoms with van der Waals surface area (Å²) >= 11 is 0. The van der Waals surface area contributed by atoms with E-state index in [1.165, 1.54) is 0 Å². The van der Waals surface area contributed by atoms with Crippen molar-refractivity contribution >= 4 is 0 Å². The van der Waals surface area contributed by atoms with Crippen molar-refractivity contribution in [3.05, 3.63) is 29.8 Å². The van der Waals surface area contributed by atoms with E-state index >= 15 is 0 Å². The second-order valence-corrected chi connectivity index (χ2v) is 3.65. The van der Waals surface area contributed by atoms with Gasteiger partial charge in [-0.3, -0.25) is 0 Å². The molecule has 0 spiro atoms. The number of hydrogen-bond donors (Lipinski definition) is 1. The predicted molar refractivity (Wildman–Crippen MR) is 60.1 cm³/mol. The van der Waals surface area contributed by atoms with Crippen LogP contribution in [0.15, 0.2) is 24.3 Å². The second kappa shape index (κ2) is 5.71. The lowest BCUT2D eigenvalue weighted by molar-refractivity contribution is 0.267. The Bertz CT molecular complexity index is 286. The lowest BCUT2D eigenvalue weighted by Gasteiger charge is -2.15. The van der Waals surface area contributed by atoms with Crippen LogP contribution in [0.5, 0.6) is 5.75 Å². The Hall–Kier alpha value is -1.09. The highest BCUT2D eigenvalue weighted by Crippen LogP contribution is 2.14. The molecule has 0 aliphatic rings. The van der Waals surface area contributed by atoms with Gasteiger partial charge in [-0.2, -0.15) is 0 Å². The summed E-state index contributed by atoms with van der Waals surface area (Å²) in [7, 11) is 3.39. The van der Waals surface area contributed by atoms with Crippen LogP contribution in [0.2, 0.25) is 0 Å². The van der Waals surface area contributed by atoms with Crippen molar-refractivity contribution < 1.29 is 9.13 Å². The number of alkyl halides is 1. The maximum atomic E-state index is 13.6. The molecule has 0 aromatic heterocycles. The maximum absolute atomic E-state index is 13.6. The van der Waals surface area contributed by atoms with Gasteiger partial charge in [-0.05, 0) is 31.7 Å². The molecule has 2 nitrogen and oxygen atoms in total. The van der Waals surface area contributed by atoms with E-state index in [0.29, 0.717) is 6.42 Å². The van der Waals surface area contributed by atoms with Crippen molar-refractivity contribution in [3.63, 3.8) is 0 Å². The fourth-order valence-electron chi connectivity index (χ4n) is 1.34. The molecule has 1 N–H and O–H groups in total. The summed E-state index contributed by atoms with van der Waals surface area (Å²) in [6.45, 7) is 1.84. The topological polar surface area (TPSA) is 21.3 Å². The van der Waals surface area contributed by atoms with Gasteiger partial charge in [0.05, 0.1) is 7.11 Å². The van der Waals surface area contributed by atoms with Crippen molar-refractivity contribution in [1.29, 1.82) is 0 Å². The van der Waals surface area contributed by atoms with Crippen LogP contribution in [0, 0.1) is 0 Å². The molecule has 2 unspecified atom stereocenters. The first kappa shape index (κ1) is 12.0. The average molecular weight is 211 g/mol. The van der Waals surface area contributed by atoms with Gasteiger partial charge < -0.3 is 10.1 Å². The fraction of sp³-hybridized carbons (Fsp3) is 0.500. The maximum Gasteiger partial charge on any atom is 0.119 e. The van der Waals surface area contributed by atoms with Crippen molar-refractivity contribution in [2.75, 3.05) is 14.2 Å². The third-order valence-electron chi connectivity index (χ3n) is 2.59. The Balaban J connectivity index is 2.57. The van der Waals surface area contributed by atoms with Crippen molar-refractivity contribution in [2.45, 2.75) is 25.6 Å². The van der Waals surface area contributed by atoms with E-state index in [1.54, 1.807) is 14.2 Å². The fourth-order valence-corrected chi connectivity index (χ4v) is 1.34.